The van der Waals surface area contributed by atoms with E-state index in [9.17, 15) is 0 Å². The Hall–Kier alpha value is -0.0800. The van der Waals surface area contributed by atoms with Gasteiger partial charge in [0.2, 0.25) is 0 Å². The summed E-state index contributed by atoms with van der Waals surface area (Å²) >= 11 is 0. The summed E-state index contributed by atoms with van der Waals surface area (Å²) < 4.78 is 0. The van der Waals surface area contributed by atoms with Crippen LogP contribution in [-0.2, 0) is 0 Å². The molecule has 0 bridgehead atoms. The Morgan fingerprint density at radius 1 is 0.800 bits per heavy atom. The van der Waals surface area contributed by atoms with E-state index in [4.69, 9.17) is 5.11 Å². The molecule has 0 spiro atoms. The molecule has 0 radical (unpaired) electrons. The molecule has 2 aliphatic carbocycles. The van der Waals surface area contributed by atoms with E-state index in [1.165, 1.54) is 57.8 Å². The molecule has 0 aromatic carbocycles. The number of hydrogen-bond donors (Lipinski definition) is 1. The van der Waals surface area contributed by atoms with Gasteiger partial charge < -0.3 is 5.11 Å². The molecular weight excluding hydrogens is 186 g/mol. The van der Waals surface area contributed by atoms with E-state index in [2.05, 4.69) is 4.90 Å². The van der Waals surface area contributed by atoms with Gasteiger partial charge in [-0.2, -0.15) is 0 Å². The Morgan fingerprint density at radius 2 is 1.33 bits per heavy atom. The zero-order chi connectivity index (χ0) is 10.5. The first-order valence-electron chi connectivity index (χ1n) is 6.78. The van der Waals surface area contributed by atoms with Gasteiger partial charge in [0.1, 0.15) is 0 Å². The summed E-state index contributed by atoms with van der Waals surface area (Å²) in [5.74, 6) is 0. The zero-order valence-electron chi connectivity index (χ0n) is 9.83. The maximum absolute atomic E-state index is 9.16. The third kappa shape index (κ3) is 2.94. The highest BCUT2D eigenvalue weighted by molar-refractivity contribution is 4.85. The molecule has 0 amide bonds. The lowest BCUT2D eigenvalue weighted by atomic mass is 9.89. The average Bonchev–Trinajstić information content (AvgIpc) is 2.42. The topological polar surface area (TPSA) is 23.5 Å². The maximum atomic E-state index is 9.16. The number of hydrogen-bond acceptors (Lipinski definition) is 2. The first kappa shape index (κ1) is 11.4. The van der Waals surface area contributed by atoms with Crippen LogP contribution in [0.3, 0.4) is 0 Å². The van der Waals surface area contributed by atoms with E-state index in [1.807, 2.05) is 0 Å². The Morgan fingerprint density at radius 3 is 1.73 bits per heavy atom. The molecule has 2 saturated carbocycles. The molecule has 0 aromatic heterocycles. The summed E-state index contributed by atoms with van der Waals surface area (Å²) in [5.41, 5.74) is 0. The van der Waals surface area contributed by atoms with Crippen LogP contribution in [0.2, 0.25) is 0 Å². The van der Waals surface area contributed by atoms with Gasteiger partial charge in [-0.15, -0.1) is 0 Å². The third-order valence-electron chi connectivity index (χ3n) is 4.20. The van der Waals surface area contributed by atoms with Crippen LogP contribution in [0.4, 0.5) is 0 Å². The smallest absolute Gasteiger partial charge is 0.0558 e. The van der Waals surface area contributed by atoms with Crippen LogP contribution in [-0.4, -0.2) is 35.2 Å². The van der Waals surface area contributed by atoms with Crippen molar-refractivity contribution in [3.63, 3.8) is 0 Å². The van der Waals surface area contributed by atoms with Gasteiger partial charge in [0, 0.05) is 18.6 Å². The van der Waals surface area contributed by atoms with Crippen LogP contribution in [0.5, 0.6) is 0 Å². The molecule has 0 aromatic rings. The van der Waals surface area contributed by atoms with Crippen LogP contribution in [0, 0.1) is 0 Å². The van der Waals surface area contributed by atoms with Crippen molar-refractivity contribution in [2.75, 3.05) is 13.2 Å². The van der Waals surface area contributed by atoms with Gasteiger partial charge in [-0.05, 0) is 25.7 Å². The minimum atomic E-state index is 0.340. The van der Waals surface area contributed by atoms with Crippen molar-refractivity contribution in [3.8, 4) is 0 Å². The molecule has 1 N–H and O–H groups in total. The molecule has 88 valence electrons. The van der Waals surface area contributed by atoms with Gasteiger partial charge in [-0.3, -0.25) is 4.90 Å². The number of aliphatic hydroxyl groups is 1. The van der Waals surface area contributed by atoms with Crippen molar-refractivity contribution >= 4 is 0 Å². The molecule has 0 atom stereocenters. The van der Waals surface area contributed by atoms with Crippen LogP contribution >= 0.6 is 0 Å². The van der Waals surface area contributed by atoms with Crippen LogP contribution in [0.25, 0.3) is 0 Å². The SMILES string of the molecule is OCCN(C1CCCCCC1)C1CCC1. The summed E-state index contributed by atoms with van der Waals surface area (Å²) in [5, 5.41) is 9.16. The third-order valence-corrected chi connectivity index (χ3v) is 4.20. The summed E-state index contributed by atoms with van der Waals surface area (Å²) in [6, 6.07) is 1.59. The molecule has 0 heterocycles. The summed E-state index contributed by atoms with van der Waals surface area (Å²) in [6.45, 7) is 1.25. The molecule has 2 aliphatic rings. The van der Waals surface area contributed by atoms with Crippen molar-refractivity contribution in [2.24, 2.45) is 0 Å². The monoisotopic (exact) mass is 211 g/mol. The Bertz CT molecular complexity index is 171. The fourth-order valence-electron chi connectivity index (χ4n) is 3.09. The Labute approximate surface area is 93.7 Å². The summed E-state index contributed by atoms with van der Waals surface area (Å²) in [4.78, 5) is 2.62. The standard InChI is InChI=1S/C13H25NO/c15-11-10-14(13-8-5-9-13)12-6-3-1-2-4-7-12/h12-13,15H,1-11H2. The lowest BCUT2D eigenvalue weighted by Gasteiger charge is -2.42. The normalized spacial score (nSPS) is 25.2. The molecule has 2 heteroatoms. The fourth-order valence-corrected chi connectivity index (χ4v) is 3.09. The molecule has 0 saturated heterocycles. The predicted octanol–water partition coefficient (Wildman–Crippen LogP) is 2.56. The van der Waals surface area contributed by atoms with Gasteiger partial charge in [0.15, 0.2) is 0 Å². The second kappa shape index (κ2) is 5.86. The highest BCUT2D eigenvalue weighted by Gasteiger charge is 2.30. The van der Waals surface area contributed by atoms with E-state index in [0.29, 0.717) is 6.61 Å². The quantitative estimate of drug-likeness (QED) is 0.722. The van der Waals surface area contributed by atoms with Gasteiger partial charge in [0.25, 0.3) is 0 Å². The van der Waals surface area contributed by atoms with Crippen molar-refractivity contribution in [1.29, 1.82) is 0 Å². The summed E-state index contributed by atoms with van der Waals surface area (Å²) in [6.07, 6.45) is 12.5. The Kier molecular flexibility index (Phi) is 4.45. The molecule has 0 unspecified atom stereocenters. The number of rotatable bonds is 4. The predicted molar refractivity (Wildman–Crippen MR) is 62.9 cm³/mol. The van der Waals surface area contributed by atoms with E-state index in [0.717, 1.165) is 18.6 Å². The number of aliphatic hydroxyl groups excluding tert-OH is 1. The van der Waals surface area contributed by atoms with Crippen LogP contribution < -0.4 is 0 Å². The van der Waals surface area contributed by atoms with E-state index >= 15 is 0 Å². The largest absolute Gasteiger partial charge is 0.395 e. The second-order valence-corrected chi connectivity index (χ2v) is 5.19. The highest BCUT2D eigenvalue weighted by Crippen LogP contribution is 2.30. The first-order chi connectivity index (χ1) is 7.42. The van der Waals surface area contributed by atoms with Crippen molar-refractivity contribution in [2.45, 2.75) is 69.9 Å². The van der Waals surface area contributed by atoms with Gasteiger partial charge in [0.05, 0.1) is 6.61 Å². The molecular formula is C13H25NO. The fraction of sp³-hybridized carbons (Fsp3) is 1.00. The van der Waals surface area contributed by atoms with Gasteiger partial charge >= 0.3 is 0 Å². The molecule has 2 rings (SSSR count). The lowest BCUT2D eigenvalue weighted by molar-refractivity contribution is 0.0531. The molecule has 15 heavy (non-hydrogen) atoms. The van der Waals surface area contributed by atoms with Crippen molar-refractivity contribution in [1.82, 2.24) is 4.90 Å². The lowest BCUT2D eigenvalue weighted by Crippen LogP contribution is -2.47. The first-order valence-corrected chi connectivity index (χ1v) is 6.78. The zero-order valence-corrected chi connectivity index (χ0v) is 9.83. The summed E-state index contributed by atoms with van der Waals surface area (Å²) in [7, 11) is 0. The van der Waals surface area contributed by atoms with E-state index in [-0.39, 0.29) is 0 Å². The van der Waals surface area contributed by atoms with Gasteiger partial charge in [-0.25, -0.2) is 0 Å². The highest BCUT2D eigenvalue weighted by atomic mass is 16.3. The minimum absolute atomic E-state index is 0.340. The van der Waals surface area contributed by atoms with Crippen LogP contribution in [0.1, 0.15) is 57.8 Å². The minimum Gasteiger partial charge on any atom is -0.395 e. The Balaban J connectivity index is 1.88. The van der Waals surface area contributed by atoms with E-state index in [1.54, 1.807) is 0 Å². The van der Waals surface area contributed by atoms with Gasteiger partial charge in [-0.1, -0.05) is 32.1 Å². The maximum Gasteiger partial charge on any atom is 0.0558 e. The molecule has 2 fully saturated rings. The van der Waals surface area contributed by atoms with Crippen molar-refractivity contribution in [3.05, 3.63) is 0 Å². The van der Waals surface area contributed by atoms with Crippen molar-refractivity contribution < 1.29 is 5.11 Å². The van der Waals surface area contributed by atoms with Crippen LogP contribution in [0.15, 0.2) is 0 Å². The molecule has 0 aliphatic heterocycles. The number of nitrogens with zero attached hydrogens (tertiary/aromatic N) is 1. The second-order valence-electron chi connectivity index (χ2n) is 5.19. The van der Waals surface area contributed by atoms with E-state index < -0.39 is 0 Å². The molecule has 2 nitrogen and oxygen atoms in total. The average molecular weight is 211 g/mol.